The predicted molar refractivity (Wildman–Crippen MR) is 142 cm³/mol. The number of hydrogen-bond donors (Lipinski definition) is 2. The molecule has 1 unspecified atom stereocenters. The fraction of sp³-hybridized carbons (Fsp3) is 0.385. The molecule has 0 saturated carbocycles. The van der Waals surface area contributed by atoms with Gasteiger partial charge in [0.25, 0.3) is 5.91 Å². The van der Waals surface area contributed by atoms with E-state index in [1.165, 1.54) is 0 Å². The summed E-state index contributed by atoms with van der Waals surface area (Å²) in [6.07, 6.45) is 2.32. The first-order chi connectivity index (χ1) is 17.9. The van der Waals surface area contributed by atoms with Crippen molar-refractivity contribution in [1.29, 1.82) is 0 Å². The van der Waals surface area contributed by atoms with Gasteiger partial charge in [0.15, 0.2) is 0 Å². The van der Waals surface area contributed by atoms with Crippen LogP contribution in [0.5, 0.6) is 0 Å². The average Bonchev–Trinajstić information content (AvgIpc) is 3.35. The fourth-order valence-corrected chi connectivity index (χ4v) is 4.74. The van der Waals surface area contributed by atoms with Gasteiger partial charge >= 0.3 is 0 Å². The van der Waals surface area contributed by atoms with Gasteiger partial charge in [-0.2, -0.15) is 4.98 Å². The number of carbonyl (C=O) groups is 2. The zero-order chi connectivity index (χ0) is 26.2. The van der Waals surface area contributed by atoms with Crippen molar-refractivity contribution < 1.29 is 18.8 Å². The maximum absolute atomic E-state index is 13.1. The molecule has 0 aliphatic carbocycles. The van der Waals surface area contributed by atoms with Crippen molar-refractivity contribution >= 4 is 40.7 Å². The number of likely N-dealkylation sites (tertiary alicyclic amines) is 1. The minimum atomic E-state index is -0.236. The second-order valence-electron chi connectivity index (χ2n) is 8.85. The average molecular weight is 546 g/mol. The summed E-state index contributed by atoms with van der Waals surface area (Å²) in [5.41, 5.74) is 1.56. The highest BCUT2D eigenvalue weighted by Crippen LogP contribution is 2.29. The van der Waals surface area contributed by atoms with Crippen LogP contribution in [0.4, 0.5) is 5.69 Å². The van der Waals surface area contributed by atoms with E-state index in [9.17, 15) is 9.59 Å². The molecular weight excluding hydrogens is 517 g/mol. The molecule has 1 aliphatic rings. The highest BCUT2D eigenvalue weighted by atomic mass is 35.5. The van der Waals surface area contributed by atoms with E-state index in [4.69, 9.17) is 32.5 Å². The predicted octanol–water partition coefficient (Wildman–Crippen LogP) is 4.66. The first-order valence-corrected chi connectivity index (χ1v) is 12.9. The Hall–Kier alpha value is -2.98. The fourth-order valence-electron chi connectivity index (χ4n) is 4.24. The van der Waals surface area contributed by atoms with Crippen molar-refractivity contribution in [3.63, 3.8) is 0 Å². The molecule has 4 rings (SSSR count). The molecule has 2 aromatic carbocycles. The van der Waals surface area contributed by atoms with E-state index in [1.54, 1.807) is 49.6 Å². The number of amides is 2. The first kappa shape index (κ1) is 27.1. The van der Waals surface area contributed by atoms with Crippen molar-refractivity contribution in [1.82, 2.24) is 20.4 Å². The summed E-state index contributed by atoms with van der Waals surface area (Å²) in [6, 6.07) is 12.1. The molecule has 0 radical (unpaired) electrons. The lowest BCUT2D eigenvalue weighted by molar-refractivity contribution is -0.121. The summed E-state index contributed by atoms with van der Waals surface area (Å²) in [7, 11) is 1.62. The van der Waals surface area contributed by atoms with E-state index in [0.29, 0.717) is 71.2 Å². The molecule has 1 saturated heterocycles. The molecular formula is C26H29Cl2N5O4. The largest absolute Gasteiger partial charge is 0.385 e. The SMILES string of the molecule is COCCCNC(=O)c1ccccc1NC(=O)C1CCCN(Cc2nc(-c3ccc(Cl)cc3Cl)no2)C1. The van der Waals surface area contributed by atoms with Crippen LogP contribution in [0.1, 0.15) is 35.5 Å². The van der Waals surface area contributed by atoms with E-state index >= 15 is 0 Å². The highest BCUT2D eigenvalue weighted by Gasteiger charge is 2.28. The standard InChI is InChI=1S/C26H29Cl2N5O4/c1-36-13-5-11-29-26(35)20-7-2-3-8-22(20)30-25(34)17-6-4-12-33(15-17)16-23-31-24(32-37-23)19-10-9-18(27)14-21(19)28/h2-3,7-10,14,17H,4-6,11-13,15-16H2,1H3,(H,29,35)(H,30,34). The molecule has 0 bridgehead atoms. The molecule has 9 nitrogen and oxygen atoms in total. The summed E-state index contributed by atoms with van der Waals surface area (Å²) in [5, 5.41) is 10.8. The van der Waals surface area contributed by atoms with Gasteiger partial charge in [0.1, 0.15) is 0 Å². The number of para-hydroxylation sites is 1. The van der Waals surface area contributed by atoms with Gasteiger partial charge in [-0.3, -0.25) is 14.5 Å². The number of halogens is 2. The Bertz CT molecular complexity index is 1240. The maximum Gasteiger partial charge on any atom is 0.253 e. The lowest BCUT2D eigenvalue weighted by Crippen LogP contribution is -2.40. The summed E-state index contributed by atoms with van der Waals surface area (Å²) in [4.78, 5) is 32.3. The van der Waals surface area contributed by atoms with E-state index in [0.717, 1.165) is 19.4 Å². The normalized spacial score (nSPS) is 15.9. The van der Waals surface area contributed by atoms with Gasteiger partial charge in [0.05, 0.1) is 28.7 Å². The number of nitrogens with zero attached hydrogens (tertiary/aromatic N) is 3. The van der Waals surface area contributed by atoms with Crippen LogP contribution in [-0.2, 0) is 16.1 Å². The van der Waals surface area contributed by atoms with Gasteiger partial charge < -0.3 is 19.9 Å². The Morgan fingerprint density at radius 3 is 2.86 bits per heavy atom. The van der Waals surface area contributed by atoms with E-state index < -0.39 is 0 Å². The Kier molecular flexibility index (Phi) is 9.51. The topological polar surface area (TPSA) is 110 Å². The number of piperidine rings is 1. The molecule has 11 heteroatoms. The van der Waals surface area contributed by atoms with Crippen LogP contribution < -0.4 is 10.6 Å². The number of hydrogen-bond acceptors (Lipinski definition) is 7. The third-order valence-corrected chi connectivity index (χ3v) is 6.66. The van der Waals surface area contributed by atoms with Crippen molar-refractivity contribution in [3.05, 3.63) is 64.0 Å². The van der Waals surface area contributed by atoms with E-state index in [-0.39, 0.29) is 17.7 Å². The van der Waals surface area contributed by atoms with E-state index in [2.05, 4.69) is 25.7 Å². The van der Waals surface area contributed by atoms with Gasteiger partial charge in [-0.05, 0) is 56.1 Å². The number of rotatable bonds is 10. The van der Waals surface area contributed by atoms with Crippen molar-refractivity contribution in [2.75, 3.05) is 38.7 Å². The second-order valence-corrected chi connectivity index (χ2v) is 9.69. The third-order valence-electron chi connectivity index (χ3n) is 6.12. The van der Waals surface area contributed by atoms with Crippen LogP contribution in [0.2, 0.25) is 10.0 Å². The molecule has 1 aromatic heterocycles. The quantitative estimate of drug-likeness (QED) is 0.356. The van der Waals surface area contributed by atoms with Crippen LogP contribution in [-0.4, -0.2) is 60.2 Å². The summed E-state index contributed by atoms with van der Waals surface area (Å²) in [6.45, 7) is 2.83. The molecule has 2 amide bonds. The van der Waals surface area contributed by atoms with Gasteiger partial charge in [0, 0.05) is 37.4 Å². The Morgan fingerprint density at radius 1 is 1.22 bits per heavy atom. The van der Waals surface area contributed by atoms with Crippen molar-refractivity contribution in [2.45, 2.75) is 25.8 Å². The number of methoxy groups -OCH3 is 1. The molecule has 0 spiro atoms. The maximum atomic E-state index is 13.1. The molecule has 1 atom stereocenters. The van der Waals surface area contributed by atoms with Crippen LogP contribution in [0.15, 0.2) is 47.0 Å². The molecule has 2 N–H and O–H groups in total. The zero-order valence-corrected chi connectivity index (χ0v) is 22.0. The van der Waals surface area contributed by atoms with E-state index in [1.807, 2.05) is 0 Å². The Balaban J connectivity index is 1.35. The molecule has 1 fully saturated rings. The van der Waals surface area contributed by atoms with Crippen LogP contribution in [0.25, 0.3) is 11.4 Å². The second kappa shape index (κ2) is 13.0. The lowest BCUT2D eigenvalue weighted by atomic mass is 9.96. The first-order valence-electron chi connectivity index (χ1n) is 12.1. The molecule has 1 aliphatic heterocycles. The van der Waals surface area contributed by atoms with Crippen LogP contribution in [0.3, 0.4) is 0 Å². The molecule has 2 heterocycles. The van der Waals surface area contributed by atoms with Gasteiger partial charge in [-0.25, -0.2) is 0 Å². The number of aromatic nitrogens is 2. The minimum absolute atomic E-state index is 0.122. The highest BCUT2D eigenvalue weighted by molar-refractivity contribution is 6.36. The number of anilines is 1. The number of ether oxygens (including phenoxy) is 1. The summed E-state index contributed by atoms with van der Waals surface area (Å²) < 4.78 is 10.5. The smallest absolute Gasteiger partial charge is 0.253 e. The third kappa shape index (κ3) is 7.29. The van der Waals surface area contributed by atoms with Gasteiger partial charge in [-0.1, -0.05) is 40.5 Å². The van der Waals surface area contributed by atoms with Crippen molar-refractivity contribution in [2.24, 2.45) is 5.92 Å². The number of benzene rings is 2. The van der Waals surface area contributed by atoms with Gasteiger partial charge in [0.2, 0.25) is 17.6 Å². The molecule has 37 heavy (non-hydrogen) atoms. The monoisotopic (exact) mass is 545 g/mol. The summed E-state index contributed by atoms with van der Waals surface area (Å²) >= 11 is 12.2. The number of nitrogens with one attached hydrogen (secondary N) is 2. The number of carbonyl (C=O) groups excluding carboxylic acids is 2. The lowest BCUT2D eigenvalue weighted by Gasteiger charge is -2.31. The summed E-state index contributed by atoms with van der Waals surface area (Å²) in [5.74, 6) is 0.242. The molecule has 196 valence electrons. The van der Waals surface area contributed by atoms with Crippen LogP contribution in [0, 0.1) is 5.92 Å². The van der Waals surface area contributed by atoms with Crippen molar-refractivity contribution in [3.8, 4) is 11.4 Å². The Morgan fingerprint density at radius 2 is 2.05 bits per heavy atom. The van der Waals surface area contributed by atoms with Crippen LogP contribution >= 0.6 is 23.2 Å². The molecule has 3 aromatic rings. The Labute approximate surface area is 225 Å². The van der Waals surface area contributed by atoms with Gasteiger partial charge in [-0.15, -0.1) is 0 Å². The minimum Gasteiger partial charge on any atom is -0.385 e. The zero-order valence-electron chi connectivity index (χ0n) is 20.5.